The van der Waals surface area contributed by atoms with Crippen LogP contribution in [0.3, 0.4) is 0 Å². The summed E-state index contributed by atoms with van der Waals surface area (Å²) in [6.45, 7) is 6.65. The molecule has 2 aromatic rings. The topological polar surface area (TPSA) is 55.1 Å². The van der Waals surface area contributed by atoms with E-state index in [-0.39, 0.29) is 0 Å². The minimum absolute atomic E-state index is 0.489. The fourth-order valence-electron chi connectivity index (χ4n) is 2.78. The molecule has 102 valence electrons. The first-order chi connectivity index (χ1) is 9.05. The van der Waals surface area contributed by atoms with E-state index in [1.54, 1.807) is 6.20 Å². The lowest BCUT2D eigenvalue weighted by molar-refractivity contribution is 0.232. The SMILES string of the molecule is Cc1nnc2c(NC3CCC(C)(C)CC3)nccn12. The van der Waals surface area contributed by atoms with Gasteiger partial charge in [0, 0.05) is 18.4 Å². The quantitative estimate of drug-likeness (QED) is 0.901. The second kappa shape index (κ2) is 4.47. The van der Waals surface area contributed by atoms with Gasteiger partial charge in [0.25, 0.3) is 0 Å². The first-order valence-corrected chi connectivity index (χ1v) is 6.98. The Morgan fingerprint density at radius 2 is 2.00 bits per heavy atom. The van der Waals surface area contributed by atoms with Gasteiger partial charge in [-0.05, 0) is 38.0 Å². The molecule has 3 rings (SSSR count). The van der Waals surface area contributed by atoms with Gasteiger partial charge in [-0.2, -0.15) is 0 Å². The molecule has 0 aromatic carbocycles. The number of nitrogens with one attached hydrogen (secondary N) is 1. The average molecular weight is 259 g/mol. The lowest BCUT2D eigenvalue weighted by Crippen LogP contribution is -2.30. The highest BCUT2D eigenvalue weighted by molar-refractivity contribution is 5.62. The summed E-state index contributed by atoms with van der Waals surface area (Å²) >= 11 is 0. The lowest BCUT2D eigenvalue weighted by atomic mass is 9.75. The lowest BCUT2D eigenvalue weighted by Gasteiger charge is -2.34. The number of aromatic nitrogens is 4. The molecule has 5 heteroatoms. The highest BCUT2D eigenvalue weighted by Gasteiger charge is 2.27. The molecule has 0 atom stereocenters. The zero-order chi connectivity index (χ0) is 13.5. The van der Waals surface area contributed by atoms with Crippen LogP contribution in [-0.2, 0) is 0 Å². The van der Waals surface area contributed by atoms with Gasteiger partial charge in [0.2, 0.25) is 5.65 Å². The fraction of sp³-hybridized carbons (Fsp3) is 0.643. The van der Waals surface area contributed by atoms with Crippen molar-refractivity contribution in [2.45, 2.75) is 52.5 Å². The Labute approximate surface area is 113 Å². The van der Waals surface area contributed by atoms with E-state index in [0.717, 1.165) is 17.3 Å². The third kappa shape index (κ3) is 2.41. The average Bonchev–Trinajstić information content (AvgIpc) is 2.75. The Balaban J connectivity index is 1.79. The zero-order valence-electron chi connectivity index (χ0n) is 11.8. The van der Waals surface area contributed by atoms with Gasteiger partial charge in [-0.25, -0.2) is 4.98 Å². The van der Waals surface area contributed by atoms with Crippen molar-refractivity contribution in [1.82, 2.24) is 19.6 Å². The number of hydrogen-bond donors (Lipinski definition) is 1. The van der Waals surface area contributed by atoms with E-state index >= 15 is 0 Å². The van der Waals surface area contributed by atoms with E-state index in [1.807, 2.05) is 17.5 Å². The summed E-state index contributed by atoms with van der Waals surface area (Å²) in [5, 5.41) is 11.8. The van der Waals surface area contributed by atoms with Crippen LogP contribution in [0.1, 0.15) is 45.4 Å². The summed E-state index contributed by atoms with van der Waals surface area (Å²) in [6, 6.07) is 0.503. The van der Waals surface area contributed by atoms with Gasteiger partial charge in [0.15, 0.2) is 5.82 Å². The Kier molecular flexibility index (Phi) is 2.92. The van der Waals surface area contributed by atoms with Crippen LogP contribution in [-0.4, -0.2) is 25.6 Å². The van der Waals surface area contributed by atoms with Gasteiger partial charge >= 0.3 is 0 Å². The van der Waals surface area contributed by atoms with Crippen molar-refractivity contribution in [3.05, 3.63) is 18.2 Å². The van der Waals surface area contributed by atoms with Crippen LogP contribution >= 0.6 is 0 Å². The number of rotatable bonds is 2. The maximum absolute atomic E-state index is 4.42. The fourth-order valence-corrected chi connectivity index (χ4v) is 2.78. The third-order valence-electron chi connectivity index (χ3n) is 4.18. The first-order valence-electron chi connectivity index (χ1n) is 6.98. The van der Waals surface area contributed by atoms with E-state index in [0.29, 0.717) is 11.5 Å². The molecule has 0 amide bonds. The predicted molar refractivity (Wildman–Crippen MR) is 75.2 cm³/mol. The van der Waals surface area contributed by atoms with Crippen molar-refractivity contribution in [3.8, 4) is 0 Å². The molecule has 0 saturated heterocycles. The third-order valence-corrected chi connectivity index (χ3v) is 4.18. The maximum atomic E-state index is 4.42. The summed E-state index contributed by atoms with van der Waals surface area (Å²) < 4.78 is 1.97. The molecule has 0 unspecified atom stereocenters. The first kappa shape index (κ1) is 12.4. The molecule has 0 aliphatic heterocycles. The van der Waals surface area contributed by atoms with Crippen LogP contribution in [0.25, 0.3) is 5.65 Å². The standard InChI is InChI=1S/C14H21N5/c1-10-17-18-13-12(15-8-9-19(10)13)16-11-4-6-14(2,3)7-5-11/h8-9,11H,4-7H2,1-3H3,(H,15,16). The molecule has 2 heterocycles. The van der Waals surface area contributed by atoms with E-state index in [1.165, 1.54) is 25.7 Å². The number of hydrogen-bond acceptors (Lipinski definition) is 4. The molecular formula is C14H21N5. The van der Waals surface area contributed by atoms with Gasteiger partial charge < -0.3 is 5.32 Å². The number of aryl methyl sites for hydroxylation is 1. The second-order valence-electron chi connectivity index (χ2n) is 6.30. The van der Waals surface area contributed by atoms with Crippen LogP contribution in [0, 0.1) is 12.3 Å². The normalized spacial score (nSPS) is 19.7. The molecule has 0 radical (unpaired) electrons. The minimum Gasteiger partial charge on any atom is -0.364 e. The van der Waals surface area contributed by atoms with Crippen LogP contribution in [0.15, 0.2) is 12.4 Å². The molecular weight excluding hydrogens is 238 g/mol. The van der Waals surface area contributed by atoms with Crippen molar-refractivity contribution < 1.29 is 0 Å². The van der Waals surface area contributed by atoms with Crippen LogP contribution in [0.2, 0.25) is 0 Å². The molecule has 2 aromatic heterocycles. The maximum Gasteiger partial charge on any atom is 0.203 e. The van der Waals surface area contributed by atoms with Crippen molar-refractivity contribution >= 4 is 11.5 Å². The Hall–Kier alpha value is -1.65. The largest absolute Gasteiger partial charge is 0.364 e. The summed E-state index contributed by atoms with van der Waals surface area (Å²) in [6.07, 6.45) is 8.63. The molecule has 1 aliphatic carbocycles. The smallest absolute Gasteiger partial charge is 0.203 e. The predicted octanol–water partition coefficient (Wildman–Crippen LogP) is 2.81. The highest BCUT2D eigenvalue weighted by atomic mass is 15.3. The van der Waals surface area contributed by atoms with Crippen molar-refractivity contribution in [1.29, 1.82) is 0 Å². The number of fused-ring (bicyclic) bond motifs is 1. The second-order valence-corrected chi connectivity index (χ2v) is 6.30. The number of anilines is 1. The van der Waals surface area contributed by atoms with Gasteiger partial charge in [0.1, 0.15) is 5.82 Å². The molecule has 5 nitrogen and oxygen atoms in total. The van der Waals surface area contributed by atoms with Gasteiger partial charge in [-0.3, -0.25) is 4.40 Å². The summed E-state index contributed by atoms with van der Waals surface area (Å²) in [5.41, 5.74) is 1.31. The van der Waals surface area contributed by atoms with E-state index < -0.39 is 0 Å². The Morgan fingerprint density at radius 1 is 1.26 bits per heavy atom. The van der Waals surface area contributed by atoms with Crippen LogP contribution < -0.4 is 5.32 Å². The molecule has 1 fully saturated rings. The van der Waals surface area contributed by atoms with E-state index in [2.05, 4.69) is 34.3 Å². The summed E-state index contributed by atoms with van der Waals surface area (Å²) in [4.78, 5) is 4.42. The summed E-state index contributed by atoms with van der Waals surface area (Å²) in [5.74, 6) is 1.75. The molecule has 19 heavy (non-hydrogen) atoms. The van der Waals surface area contributed by atoms with Gasteiger partial charge in [-0.1, -0.05) is 13.8 Å². The van der Waals surface area contributed by atoms with E-state index in [4.69, 9.17) is 0 Å². The number of nitrogens with zero attached hydrogens (tertiary/aromatic N) is 4. The molecule has 1 aliphatic rings. The van der Waals surface area contributed by atoms with Crippen molar-refractivity contribution in [2.75, 3.05) is 5.32 Å². The van der Waals surface area contributed by atoms with E-state index in [9.17, 15) is 0 Å². The molecule has 1 saturated carbocycles. The summed E-state index contributed by atoms with van der Waals surface area (Å²) in [7, 11) is 0. The minimum atomic E-state index is 0.489. The highest BCUT2D eigenvalue weighted by Crippen LogP contribution is 2.36. The zero-order valence-corrected chi connectivity index (χ0v) is 11.8. The monoisotopic (exact) mass is 259 g/mol. The van der Waals surface area contributed by atoms with Crippen LogP contribution in [0.4, 0.5) is 5.82 Å². The molecule has 1 N–H and O–H groups in total. The van der Waals surface area contributed by atoms with Gasteiger partial charge in [0.05, 0.1) is 0 Å². The Bertz CT molecular complexity index is 577. The van der Waals surface area contributed by atoms with Crippen LogP contribution in [0.5, 0.6) is 0 Å². The Morgan fingerprint density at radius 3 is 2.74 bits per heavy atom. The molecule has 0 spiro atoms. The van der Waals surface area contributed by atoms with Crippen molar-refractivity contribution in [3.63, 3.8) is 0 Å². The van der Waals surface area contributed by atoms with Gasteiger partial charge in [-0.15, -0.1) is 10.2 Å². The molecule has 0 bridgehead atoms. The van der Waals surface area contributed by atoms with Crippen molar-refractivity contribution in [2.24, 2.45) is 5.41 Å².